The number of nitrogens with zero attached hydrogens (tertiary/aromatic N) is 3. The molecule has 19 heavy (non-hydrogen) atoms. The van der Waals surface area contributed by atoms with Gasteiger partial charge in [-0.2, -0.15) is 0 Å². The third-order valence-corrected chi connectivity index (χ3v) is 4.21. The van der Waals surface area contributed by atoms with E-state index in [0.29, 0.717) is 12.5 Å². The second kappa shape index (κ2) is 6.21. The molecule has 0 atom stereocenters. The number of benzene rings is 1. The Morgan fingerprint density at radius 3 is 2.42 bits per heavy atom. The lowest BCUT2D eigenvalue weighted by Crippen LogP contribution is -2.05. The Labute approximate surface area is 118 Å². The molecule has 0 unspecified atom stereocenters. The average molecular weight is 276 g/mol. The topological polar surface area (TPSA) is 56.7 Å². The first kappa shape index (κ1) is 14.1. The molecule has 1 aromatic carbocycles. The largest absolute Gasteiger partial charge is 0.324 e. The lowest BCUT2D eigenvalue weighted by Gasteiger charge is -2.06. The lowest BCUT2D eigenvalue weighted by molar-refractivity contribution is 0.734. The van der Waals surface area contributed by atoms with Crippen LogP contribution in [0.4, 0.5) is 0 Å². The normalized spacial score (nSPS) is 11.2. The molecule has 0 aliphatic heterocycles. The molecule has 0 fully saturated rings. The monoisotopic (exact) mass is 276 g/mol. The van der Waals surface area contributed by atoms with Crippen molar-refractivity contribution in [3.63, 3.8) is 0 Å². The second-order valence-electron chi connectivity index (χ2n) is 4.85. The van der Waals surface area contributed by atoms with Crippen LogP contribution in [-0.2, 0) is 19.3 Å². The summed E-state index contributed by atoms with van der Waals surface area (Å²) in [4.78, 5) is 0. The molecule has 0 saturated heterocycles. The molecule has 0 saturated carbocycles. The van der Waals surface area contributed by atoms with Gasteiger partial charge in [-0.05, 0) is 17.0 Å². The number of aromatic nitrogens is 3. The Bertz CT molecular complexity index is 531. The van der Waals surface area contributed by atoms with E-state index < -0.39 is 0 Å². The molecule has 2 N–H and O–H groups in total. The quantitative estimate of drug-likeness (QED) is 0.853. The summed E-state index contributed by atoms with van der Waals surface area (Å²) in [6.45, 7) is 4.84. The van der Waals surface area contributed by atoms with Gasteiger partial charge in [0.05, 0.1) is 6.54 Å². The van der Waals surface area contributed by atoms with E-state index in [4.69, 9.17) is 5.73 Å². The van der Waals surface area contributed by atoms with Crippen LogP contribution in [-0.4, -0.2) is 14.8 Å². The fourth-order valence-electron chi connectivity index (χ4n) is 1.80. The number of hydrogen-bond acceptors (Lipinski definition) is 4. The summed E-state index contributed by atoms with van der Waals surface area (Å²) in [5.74, 6) is 2.29. The molecule has 0 amide bonds. The smallest absolute Gasteiger partial charge is 0.191 e. The number of rotatable bonds is 5. The third-order valence-electron chi connectivity index (χ3n) is 3.12. The zero-order valence-corrected chi connectivity index (χ0v) is 12.4. The van der Waals surface area contributed by atoms with Crippen molar-refractivity contribution in [2.75, 3.05) is 0 Å². The first-order valence-corrected chi connectivity index (χ1v) is 7.40. The molecule has 0 spiro atoms. The van der Waals surface area contributed by atoms with Crippen LogP contribution in [0.15, 0.2) is 29.4 Å². The Morgan fingerprint density at radius 2 is 1.89 bits per heavy atom. The fraction of sp³-hybridized carbons (Fsp3) is 0.429. The molecule has 0 radical (unpaired) electrons. The summed E-state index contributed by atoms with van der Waals surface area (Å²) >= 11 is 1.68. The Morgan fingerprint density at radius 1 is 1.21 bits per heavy atom. The Hall–Kier alpha value is -1.33. The second-order valence-corrected chi connectivity index (χ2v) is 5.79. The highest BCUT2D eigenvalue weighted by atomic mass is 32.2. The van der Waals surface area contributed by atoms with Crippen LogP contribution in [0.5, 0.6) is 0 Å². The molecule has 0 bridgehead atoms. The molecule has 4 nitrogen and oxygen atoms in total. The van der Waals surface area contributed by atoms with Crippen LogP contribution in [0.1, 0.15) is 36.7 Å². The van der Waals surface area contributed by atoms with Crippen molar-refractivity contribution >= 4 is 11.8 Å². The maximum absolute atomic E-state index is 5.58. The highest BCUT2D eigenvalue weighted by Gasteiger charge is 2.08. The molecule has 2 aromatic rings. The van der Waals surface area contributed by atoms with Gasteiger partial charge in [0.25, 0.3) is 0 Å². The van der Waals surface area contributed by atoms with Crippen LogP contribution in [0.2, 0.25) is 0 Å². The van der Waals surface area contributed by atoms with Crippen LogP contribution >= 0.6 is 11.8 Å². The van der Waals surface area contributed by atoms with Gasteiger partial charge < -0.3 is 10.3 Å². The zero-order valence-electron chi connectivity index (χ0n) is 11.6. The van der Waals surface area contributed by atoms with Crippen LogP contribution < -0.4 is 5.73 Å². The van der Waals surface area contributed by atoms with Gasteiger partial charge in [-0.3, -0.25) is 0 Å². The van der Waals surface area contributed by atoms with Crippen LogP contribution in [0, 0.1) is 0 Å². The van der Waals surface area contributed by atoms with Crippen molar-refractivity contribution in [3.8, 4) is 0 Å². The number of hydrogen-bond donors (Lipinski definition) is 1. The summed E-state index contributed by atoms with van der Waals surface area (Å²) in [6.07, 6.45) is 0. The van der Waals surface area contributed by atoms with E-state index in [1.807, 2.05) is 11.6 Å². The minimum Gasteiger partial charge on any atom is -0.324 e. The van der Waals surface area contributed by atoms with Crippen molar-refractivity contribution in [2.45, 2.75) is 37.2 Å². The van der Waals surface area contributed by atoms with Crippen molar-refractivity contribution in [2.24, 2.45) is 12.8 Å². The van der Waals surface area contributed by atoms with E-state index >= 15 is 0 Å². The maximum atomic E-state index is 5.58. The van der Waals surface area contributed by atoms with Crippen molar-refractivity contribution < 1.29 is 0 Å². The summed E-state index contributed by atoms with van der Waals surface area (Å²) in [5, 5.41) is 9.10. The molecule has 0 aliphatic carbocycles. The van der Waals surface area contributed by atoms with Gasteiger partial charge >= 0.3 is 0 Å². The van der Waals surface area contributed by atoms with Gasteiger partial charge in [-0.25, -0.2) is 0 Å². The standard InChI is InChI=1S/C14H20N4S/c1-10(2)12-6-4-11(5-7-12)9-19-14-17-16-13(8-15)18(14)3/h4-7,10H,8-9,15H2,1-3H3. The van der Waals surface area contributed by atoms with E-state index in [2.05, 4.69) is 48.3 Å². The lowest BCUT2D eigenvalue weighted by atomic mass is 10.0. The Balaban J connectivity index is 2.00. The van der Waals surface area contributed by atoms with E-state index in [1.165, 1.54) is 11.1 Å². The number of thioether (sulfide) groups is 1. The molecule has 2 rings (SSSR count). The van der Waals surface area contributed by atoms with E-state index in [0.717, 1.165) is 16.7 Å². The molecule has 1 heterocycles. The average Bonchev–Trinajstić information content (AvgIpc) is 2.77. The summed E-state index contributed by atoms with van der Waals surface area (Å²) in [5.41, 5.74) is 8.25. The Kier molecular flexibility index (Phi) is 4.61. The predicted octanol–water partition coefficient (Wildman–Crippen LogP) is 2.69. The zero-order chi connectivity index (χ0) is 13.8. The number of nitrogens with two attached hydrogens (primary N) is 1. The molecular formula is C14H20N4S. The van der Waals surface area contributed by atoms with Crippen LogP contribution in [0.25, 0.3) is 0 Å². The SMILES string of the molecule is CC(C)c1ccc(CSc2nnc(CN)n2C)cc1. The van der Waals surface area contributed by atoms with E-state index in [1.54, 1.807) is 11.8 Å². The third kappa shape index (κ3) is 3.36. The highest BCUT2D eigenvalue weighted by Crippen LogP contribution is 2.22. The van der Waals surface area contributed by atoms with Crippen LogP contribution in [0.3, 0.4) is 0 Å². The molecule has 0 aliphatic rings. The highest BCUT2D eigenvalue weighted by molar-refractivity contribution is 7.98. The van der Waals surface area contributed by atoms with Crippen molar-refractivity contribution in [1.82, 2.24) is 14.8 Å². The maximum Gasteiger partial charge on any atom is 0.191 e. The first-order chi connectivity index (χ1) is 9.11. The minimum atomic E-state index is 0.424. The summed E-state index contributed by atoms with van der Waals surface area (Å²) in [6, 6.07) is 8.76. The van der Waals surface area contributed by atoms with Gasteiger partial charge in [0.1, 0.15) is 5.82 Å². The van der Waals surface area contributed by atoms with Gasteiger partial charge in [-0.1, -0.05) is 49.9 Å². The molecule has 5 heteroatoms. The van der Waals surface area contributed by atoms with Gasteiger partial charge in [0.15, 0.2) is 5.16 Å². The van der Waals surface area contributed by atoms with Gasteiger partial charge in [0.2, 0.25) is 0 Å². The predicted molar refractivity (Wildman–Crippen MR) is 79.0 cm³/mol. The minimum absolute atomic E-state index is 0.424. The molecule has 1 aromatic heterocycles. The van der Waals surface area contributed by atoms with E-state index in [-0.39, 0.29) is 0 Å². The molecule has 102 valence electrons. The first-order valence-electron chi connectivity index (χ1n) is 6.41. The summed E-state index contributed by atoms with van der Waals surface area (Å²) in [7, 11) is 1.95. The van der Waals surface area contributed by atoms with E-state index in [9.17, 15) is 0 Å². The van der Waals surface area contributed by atoms with Gasteiger partial charge in [0, 0.05) is 12.8 Å². The van der Waals surface area contributed by atoms with Crippen molar-refractivity contribution in [1.29, 1.82) is 0 Å². The van der Waals surface area contributed by atoms with Crippen molar-refractivity contribution in [3.05, 3.63) is 41.2 Å². The fourth-order valence-corrected chi connectivity index (χ4v) is 2.68. The summed E-state index contributed by atoms with van der Waals surface area (Å²) < 4.78 is 1.95. The molecular weight excluding hydrogens is 256 g/mol. The van der Waals surface area contributed by atoms with Gasteiger partial charge in [-0.15, -0.1) is 10.2 Å².